The molecule has 0 fully saturated rings. The minimum absolute atomic E-state index is 0.0885. The predicted molar refractivity (Wildman–Crippen MR) is 61.0 cm³/mol. The summed E-state index contributed by atoms with van der Waals surface area (Å²) in [6, 6.07) is 0. The minimum Gasteiger partial charge on any atom is -0.395 e. The highest BCUT2D eigenvalue weighted by Crippen LogP contribution is 2.30. The van der Waals surface area contributed by atoms with E-state index in [1.807, 2.05) is 0 Å². The number of aryl methyl sites for hydroxylation is 2. The van der Waals surface area contributed by atoms with Crippen LogP contribution in [-0.4, -0.2) is 51.2 Å². The largest absolute Gasteiger partial charge is 0.395 e. The Morgan fingerprint density at radius 2 is 1.94 bits per heavy atom. The van der Waals surface area contributed by atoms with Crippen LogP contribution in [0.5, 0.6) is 0 Å². The highest BCUT2D eigenvalue weighted by molar-refractivity contribution is 5.61. The molecule has 0 bridgehead atoms. The van der Waals surface area contributed by atoms with E-state index in [1.54, 1.807) is 14.0 Å². The molecule has 0 unspecified atom stereocenters. The van der Waals surface area contributed by atoms with E-state index in [0.29, 0.717) is 11.5 Å². The second-order valence-corrected chi connectivity index (χ2v) is 3.57. The van der Waals surface area contributed by atoms with E-state index in [-0.39, 0.29) is 32.0 Å². The Morgan fingerprint density at radius 3 is 2.35 bits per heavy atom. The molecule has 0 aliphatic heterocycles. The lowest BCUT2D eigenvalue weighted by Crippen LogP contribution is -2.31. The summed E-state index contributed by atoms with van der Waals surface area (Å²) in [7, 11) is 1.59. The SMILES string of the molecule is Cc1nn(C)c(N(CCO)CCO)c1[N+](=O)[O-]. The van der Waals surface area contributed by atoms with Gasteiger partial charge >= 0.3 is 5.69 Å². The monoisotopic (exact) mass is 244 g/mol. The number of anilines is 1. The zero-order valence-electron chi connectivity index (χ0n) is 9.83. The van der Waals surface area contributed by atoms with E-state index in [0.717, 1.165) is 0 Å². The fourth-order valence-electron chi connectivity index (χ4n) is 1.77. The summed E-state index contributed by atoms with van der Waals surface area (Å²) in [6.45, 7) is 1.67. The summed E-state index contributed by atoms with van der Waals surface area (Å²) in [5, 5.41) is 32.8. The first-order valence-corrected chi connectivity index (χ1v) is 5.17. The Hall–Kier alpha value is -1.67. The van der Waals surface area contributed by atoms with Crippen molar-refractivity contribution in [1.82, 2.24) is 9.78 Å². The smallest absolute Gasteiger partial charge is 0.333 e. The van der Waals surface area contributed by atoms with Crippen molar-refractivity contribution < 1.29 is 15.1 Å². The van der Waals surface area contributed by atoms with Gasteiger partial charge in [-0.2, -0.15) is 5.10 Å². The van der Waals surface area contributed by atoms with E-state index < -0.39 is 4.92 Å². The molecular formula is C9H16N4O4. The Bertz CT molecular complexity index is 398. The lowest BCUT2D eigenvalue weighted by Gasteiger charge is -2.21. The molecule has 0 aliphatic rings. The Labute approximate surface area is 98.2 Å². The summed E-state index contributed by atoms with van der Waals surface area (Å²) in [5.41, 5.74) is 0.225. The maximum atomic E-state index is 11.0. The number of hydrogen-bond donors (Lipinski definition) is 2. The van der Waals surface area contributed by atoms with Crippen LogP contribution < -0.4 is 4.90 Å². The van der Waals surface area contributed by atoms with Gasteiger partial charge in [-0.1, -0.05) is 0 Å². The van der Waals surface area contributed by atoms with E-state index >= 15 is 0 Å². The van der Waals surface area contributed by atoms with Crippen molar-refractivity contribution >= 4 is 11.5 Å². The number of aromatic nitrogens is 2. The summed E-state index contributed by atoms with van der Waals surface area (Å²) in [4.78, 5) is 12.0. The normalized spacial score (nSPS) is 10.6. The quantitative estimate of drug-likeness (QED) is 0.513. The highest BCUT2D eigenvalue weighted by atomic mass is 16.6. The van der Waals surface area contributed by atoms with Crippen molar-refractivity contribution in [3.8, 4) is 0 Å². The van der Waals surface area contributed by atoms with Crippen molar-refractivity contribution in [3.05, 3.63) is 15.8 Å². The molecule has 0 aliphatic carbocycles. The highest BCUT2D eigenvalue weighted by Gasteiger charge is 2.27. The Morgan fingerprint density at radius 1 is 1.41 bits per heavy atom. The molecule has 1 aromatic rings. The van der Waals surface area contributed by atoms with Crippen LogP contribution in [0, 0.1) is 17.0 Å². The summed E-state index contributed by atoms with van der Waals surface area (Å²) in [6.07, 6.45) is 0. The van der Waals surface area contributed by atoms with Gasteiger partial charge in [-0.25, -0.2) is 4.68 Å². The van der Waals surface area contributed by atoms with Gasteiger partial charge in [0.1, 0.15) is 5.69 Å². The minimum atomic E-state index is -0.501. The Balaban J connectivity index is 3.20. The maximum absolute atomic E-state index is 11.0. The molecule has 0 atom stereocenters. The van der Waals surface area contributed by atoms with E-state index in [1.165, 1.54) is 9.58 Å². The number of hydrogen-bond acceptors (Lipinski definition) is 6. The van der Waals surface area contributed by atoms with Gasteiger partial charge in [0.05, 0.1) is 18.1 Å². The lowest BCUT2D eigenvalue weighted by atomic mass is 10.3. The maximum Gasteiger partial charge on any atom is 0.333 e. The van der Waals surface area contributed by atoms with Crippen LogP contribution in [0.4, 0.5) is 11.5 Å². The average molecular weight is 244 g/mol. The Kier molecular flexibility index (Phi) is 4.41. The second-order valence-electron chi connectivity index (χ2n) is 3.57. The molecule has 0 aromatic carbocycles. The van der Waals surface area contributed by atoms with E-state index in [9.17, 15) is 10.1 Å². The standard InChI is InChI=1S/C9H16N4O4/c1-7-8(13(16)17)9(11(2)10-7)12(3-5-14)4-6-15/h14-15H,3-6H2,1-2H3. The van der Waals surface area contributed by atoms with Crippen LogP contribution >= 0.6 is 0 Å². The molecule has 0 saturated heterocycles. The van der Waals surface area contributed by atoms with Gasteiger partial charge in [0.25, 0.3) is 0 Å². The van der Waals surface area contributed by atoms with E-state index in [4.69, 9.17) is 10.2 Å². The number of nitro groups is 1. The topological polar surface area (TPSA) is 105 Å². The van der Waals surface area contributed by atoms with Gasteiger partial charge in [0, 0.05) is 20.1 Å². The van der Waals surface area contributed by atoms with E-state index in [2.05, 4.69) is 5.10 Å². The van der Waals surface area contributed by atoms with Crippen molar-refractivity contribution in [3.63, 3.8) is 0 Å². The molecule has 96 valence electrons. The van der Waals surface area contributed by atoms with Crippen LogP contribution in [0.2, 0.25) is 0 Å². The van der Waals surface area contributed by atoms with Gasteiger partial charge in [-0.05, 0) is 6.92 Å². The van der Waals surface area contributed by atoms with Crippen molar-refractivity contribution in [2.75, 3.05) is 31.2 Å². The van der Waals surface area contributed by atoms with Crippen LogP contribution in [0.1, 0.15) is 5.69 Å². The summed E-state index contributed by atoms with van der Waals surface area (Å²) >= 11 is 0. The fourth-order valence-corrected chi connectivity index (χ4v) is 1.77. The number of nitrogens with zero attached hydrogens (tertiary/aromatic N) is 4. The van der Waals surface area contributed by atoms with Gasteiger partial charge in [-0.3, -0.25) is 10.1 Å². The number of aliphatic hydroxyl groups is 2. The molecule has 8 nitrogen and oxygen atoms in total. The van der Waals surface area contributed by atoms with Crippen LogP contribution in [0.25, 0.3) is 0 Å². The summed E-state index contributed by atoms with van der Waals surface area (Å²) in [5.74, 6) is 0.301. The fraction of sp³-hybridized carbons (Fsp3) is 0.667. The third kappa shape index (κ3) is 2.71. The van der Waals surface area contributed by atoms with Crippen LogP contribution in [0.3, 0.4) is 0 Å². The molecule has 1 rings (SSSR count). The number of rotatable bonds is 6. The number of aliphatic hydroxyl groups excluding tert-OH is 2. The van der Waals surface area contributed by atoms with Gasteiger partial charge in [-0.15, -0.1) is 0 Å². The zero-order valence-corrected chi connectivity index (χ0v) is 9.83. The first-order chi connectivity index (χ1) is 8.02. The van der Waals surface area contributed by atoms with Gasteiger partial charge in [0.15, 0.2) is 0 Å². The average Bonchev–Trinajstić information content (AvgIpc) is 2.53. The van der Waals surface area contributed by atoms with Gasteiger partial charge in [0.2, 0.25) is 5.82 Å². The molecule has 0 spiro atoms. The van der Waals surface area contributed by atoms with Gasteiger partial charge < -0.3 is 15.1 Å². The van der Waals surface area contributed by atoms with Crippen LogP contribution in [-0.2, 0) is 7.05 Å². The first-order valence-electron chi connectivity index (χ1n) is 5.17. The third-order valence-corrected chi connectivity index (χ3v) is 2.38. The third-order valence-electron chi connectivity index (χ3n) is 2.38. The van der Waals surface area contributed by atoms with Crippen molar-refractivity contribution in [2.24, 2.45) is 7.05 Å². The molecule has 17 heavy (non-hydrogen) atoms. The summed E-state index contributed by atoms with van der Waals surface area (Å²) < 4.78 is 1.39. The van der Waals surface area contributed by atoms with Crippen LogP contribution in [0.15, 0.2) is 0 Å². The molecule has 0 saturated carbocycles. The molecule has 0 radical (unpaired) electrons. The second kappa shape index (κ2) is 5.60. The first kappa shape index (κ1) is 13.4. The predicted octanol–water partition coefficient (Wildman–Crippen LogP) is -0.572. The van der Waals surface area contributed by atoms with Crippen molar-refractivity contribution in [2.45, 2.75) is 6.92 Å². The van der Waals surface area contributed by atoms with Crippen molar-refractivity contribution in [1.29, 1.82) is 0 Å². The zero-order chi connectivity index (χ0) is 13.0. The molecule has 8 heteroatoms. The molecule has 0 amide bonds. The molecule has 1 heterocycles. The molecular weight excluding hydrogens is 228 g/mol. The molecule has 1 aromatic heterocycles. The molecule has 2 N–H and O–H groups in total. The lowest BCUT2D eigenvalue weighted by molar-refractivity contribution is -0.384.